The van der Waals surface area contributed by atoms with Gasteiger partial charge in [-0.15, -0.1) is 0 Å². The molecule has 0 aliphatic carbocycles. The average molecular weight is 271 g/mol. The molecule has 1 rings (SSSR count). The van der Waals surface area contributed by atoms with Crippen molar-refractivity contribution < 1.29 is 14.7 Å². The summed E-state index contributed by atoms with van der Waals surface area (Å²) in [5, 5.41) is 14.5. The number of carboxylic acids is 1. The lowest BCUT2D eigenvalue weighted by molar-refractivity contribution is -0.139. The van der Waals surface area contributed by atoms with Gasteiger partial charge in [-0.2, -0.15) is 0 Å². The van der Waals surface area contributed by atoms with Crippen molar-refractivity contribution in [2.45, 2.75) is 19.5 Å². The van der Waals surface area contributed by atoms with Crippen molar-refractivity contribution in [2.75, 3.05) is 6.54 Å². The molecule has 1 amide bonds. The molecule has 0 radical (unpaired) electrons. The smallest absolute Gasteiger partial charge is 0.320 e. The summed E-state index contributed by atoms with van der Waals surface area (Å²) in [7, 11) is 0. The van der Waals surface area contributed by atoms with Crippen LogP contribution in [0, 0.1) is 0 Å². The molecule has 0 fully saturated rings. The first-order valence-corrected chi connectivity index (χ1v) is 5.85. The number of benzene rings is 1. The van der Waals surface area contributed by atoms with E-state index in [1.807, 2.05) is 18.2 Å². The van der Waals surface area contributed by atoms with Gasteiger partial charge in [0.25, 0.3) is 0 Å². The normalized spacial score (nSPS) is 11.9. The maximum atomic E-state index is 11.4. The van der Waals surface area contributed by atoms with Crippen molar-refractivity contribution in [1.82, 2.24) is 10.6 Å². The Balaban J connectivity index is 2.34. The van der Waals surface area contributed by atoms with E-state index in [9.17, 15) is 9.59 Å². The Morgan fingerprint density at radius 2 is 2.06 bits per heavy atom. The number of hydrogen-bond donors (Lipinski definition) is 3. The zero-order valence-corrected chi connectivity index (χ0v) is 10.7. The third-order valence-electron chi connectivity index (χ3n) is 2.37. The number of halogens is 1. The van der Waals surface area contributed by atoms with Crippen LogP contribution in [0.1, 0.15) is 12.5 Å². The number of nitrogens with one attached hydrogen (secondary N) is 2. The number of carboxylic acid groups (broad SMARTS) is 1. The highest BCUT2D eigenvalue weighted by molar-refractivity contribution is 6.31. The van der Waals surface area contributed by atoms with Crippen molar-refractivity contribution in [3.05, 3.63) is 34.9 Å². The van der Waals surface area contributed by atoms with Gasteiger partial charge in [0.1, 0.15) is 6.04 Å². The molecule has 5 nitrogen and oxygen atoms in total. The van der Waals surface area contributed by atoms with Crippen LogP contribution in [0.3, 0.4) is 0 Å². The lowest BCUT2D eigenvalue weighted by Gasteiger charge is -2.10. The molecule has 1 atom stereocenters. The Labute approximate surface area is 110 Å². The summed E-state index contributed by atoms with van der Waals surface area (Å²) in [6.45, 7) is 1.75. The fourth-order valence-electron chi connectivity index (χ4n) is 1.23. The van der Waals surface area contributed by atoms with E-state index in [2.05, 4.69) is 10.6 Å². The first-order valence-electron chi connectivity index (χ1n) is 5.47. The molecule has 0 heterocycles. The Morgan fingerprint density at radius 3 is 2.67 bits per heavy atom. The van der Waals surface area contributed by atoms with E-state index in [4.69, 9.17) is 16.7 Å². The van der Waals surface area contributed by atoms with Crippen LogP contribution in [0.5, 0.6) is 0 Å². The summed E-state index contributed by atoms with van der Waals surface area (Å²) in [5.74, 6) is -1.27. The van der Waals surface area contributed by atoms with Crippen LogP contribution in [0.4, 0.5) is 0 Å². The van der Waals surface area contributed by atoms with Crippen molar-refractivity contribution in [3.63, 3.8) is 0 Å². The first kappa shape index (κ1) is 14.5. The molecule has 0 bridgehead atoms. The summed E-state index contributed by atoms with van der Waals surface area (Å²) in [6.07, 6.45) is 0. The van der Waals surface area contributed by atoms with Crippen LogP contribution in [-0.2, 0) is 16.1 Å². The third-order valence-corrected chi connectivity index (χ3v) is 2.74. The fourth-order valence-corrected chi connectivity index (χ4v) is 1.43. The topological polar surface area (TPSA) is 78.4 Å². The Bertz CT molecular complexity index is 437. The monoisotopic (exact) mass is 270 g/mol. The van der Waals surface area contributed by atoms with Crippen molar-refractivity contribution in [1.29, 1.82) is 0 Å². The molecule has 98 valence electrons. The summed E-state index contributed by atoms with van der Waals surface area (Å²) in [6, 6.07) is 6.45. The SMILES string of the molecule is CC(NCC(=O)NCc1ccccc1Cl)C(=O)O. The van der Waals surface area contributed by atoms with E-state index in [1.165, 1.54) is 6.92 Å². The summed E-state index contributed by atoms with van der Waals surface area (Å²) in [4.78, 5) is 22.0. The van der Waals surface area contributed by atoms with Crippen LogP contribution in [0.15, 0.2) is 24.3 Å². The predicted octanol–water partition coefficient (Wildman–Crippen LogP) is 1.02. The predicted molar refractivity (Wildman–Crippen MR) is 68.4 cm³/mol. The van der Waals surface area contributed by atoms with Gasteiger partial charge in [0.2, 0.25) is 5.91 Å². The second kappa shape index (κ2) is 6.98. The largest absolute Gasteiger partial charge is 0.480 e. The van der Waals surface area contributed by atoms with Gasteiger partial charge in [-0.05, 0) is 18.6 Å². The lowest BCUT2D eigenvalue weighted by Crippen LogP contribution is -2.41. The van der Waals surface area contributed by atoms with Gasteiger partial charge >= 0.3 is 5.97 Å². The highest BCUT2D eigenvalue weighted by Crippen LogP contribution is 2.13. The lowest BCUT2D eigenvalue weighted by atomic mass is 10.2. The molecule has 0 aliphatic rings. The Kier molecular flexibility index (Phi) is 5.61. The molecular weight excluding hydrogens is 256 g/mol. The van der Waals surface area contributed by atoms with Crippen molar-refractivity contribution in [3.8, 4) is 0 Å². The second-order valence-corrected chi connectivity index (χ2v) is 4.22. The highest BCUT2D eigenvalue weighted by atomic mass is 35.5. The van der Waals surface area contributed by atoms with Gasteiger partial charge in [-0.25, -0.2) is 0 Å². The van der Waals surface area contributed by atoms with Gasteiger partial charge in [0.05, 0.1) is 6.54 Å². The average Bonchev–Trinajstić information content (AvgIpc) is 2.34. The van der Waals surface area contributed by atoms with Gasteiger partial charge in [-0.3, -0.25) is 14.9 Å². The quantitative estimate of drug-likeness (QED) is 0.721. The molecular formula is C12H15ClN2O3. The maximum absolute atomic E-state index is 11.4. The van der Waals surface area contributed by atoms with E-state index < -0.39 is 12.0 Å². The zero-order valence-electron chi connectivity index (χ0n) is 9.94. The summed E-state index contributed by atoms with van der Waals surface area (Å²) >= 11 is 5.93. The van der Waals surface area contributed by atoms with Crippen molar-refractivity contribution in [2.24, 2.45) is 0 Å². The summed E-state index contributed by atoms with van der Waals surface area (Å²) in [5.41, 5.74) is 0.818. The number of carbonyl (C=O) groups is 2. The molecule has 0 spiro atoms. The molecule has 0 saturated heterocycles. The van der Waals surface area contributed by atoms with Crippen LogP contribution < -0.4 is 10.6 Å². The number of amides is 1. The molecule has 1 unspecified atom stereocenters. The van der Waals surface area contributed by atoms with Crippen LogP contribution in [0.2, 0.25) is 5.02 Å². The number of carbonyl (C=O) groups excluding carboxylic acids is 1. The highest BCUT2D eigenvalue weighted by Gasteiger charge is 2.11. The minimum atomic E-state index is -0.992. The van der Waals surface area contributed by atoms with E-state index in [0.717, 1.165) is 5.56 Å². The minimum Gasteiger partial charge on any atom is -0.480 e. The Hall–Kier alpha value is -1.59. The van der Waals surface area contributed by atoms with E-state index in [1.54, 1.807) is 6.07 Å². The molecule has 18 heavy (non-hydrogen) atoms. The molecule has 0 aromatic heterocycles. The first-order chi connectivity index (χ1) is 8.50. The third kappa shape index (κ3) is 4.73. The van der Waals surface area contributed by atoms with Gasteiger partial charge in [0, 0.05) is 11.6 Å². The van der Waals surface area contributed by atoms with Crippen LogP contribution >= 0.6 is 11.6 Å². The maximum Gasteiger partial charge on any atom is 0.320 e. The number of aliphatic carboxylic acids is 1. The number of rotatable bonds is 6. The fraction of sp³-hybridized carbons (Fsp3) is 0.333. The standard InChI is InChI=1S/C12H15ClN2O3/c1-8(12(17)18)14-7-11(16)15-6-9-4-2-3-5-10(9)13/h2-5,8,14H,6-7H2,1H3,(H,15,16)(H,17,18). The van der Waals surface area contributed by atoms with Crippen molar-refractivity contribution >= 4 is 23.5 Å². The Morgan fingerprint density at radius 1 is 1.39 bits per heavy atom. The van der Waals surface area contributed by atoms with E-state index in [0.29, 0.717) is 11.6 Å². The molecule has 1 aromatic carbocycles. The van der Waals surface area contributed by atoms with E-state index in [-0.39, 0.29) is 12.5 Å². The summed E-state index contributed by atoms with van der Waals surface area (Å²) < 4.78 is 0. The van der Waals surface area contributed by atoms with Crippen LogP contribution in [0.25, 0.3) is 0 Å². The number of hydrogen-bond acceptors (Lipinski definition) is 3. The molecule has 0 saturated carbocycles. The second-order valence-electron chi connectivity index (χ2n) is 3.81. The molecule has 1 aromatic rings. The van der Waals surface area contributed by atoms with Gasteiger partial charge < -0.3 is 10.4 Å². The molecule has 0 aliphatic heterocycles. The van der Waals surface area contributed by atoms with Crippen LogP contribution in [-0.4, -0.2) is 29.6 Å². The zero-order chi connectivity index (χ0) is 13.5. The minimum absolute atomic E-state index is 0.0437. The molecule has 3 N–H and O–H groups in total. The van der Waals surface area contributed by atoms with Gasteiger partial charge in [-0.1, -0.05) is 29.8 Å². The van der Waals surface area contributed by atoms with E-state index >= 15 is 0 Å². The molecule has 6 heteroatoms. The van der Waals surface area contributed by atoms with Gasteiger partial charge in [0.15, 0.2) is 0 Å².